The highest BCUT2D eigenvalue weighted by molar-refractivity contribution is 7.17. The largest absolute Gasteiger partial charge is 0.487 e. The van der Waals surface area contributed by atoms with E-state index in [2.05, 4.69) is 4.98 Å². The van der Waals surface area contributed by atoms with Gasteiger partial charge in [-0.05, 0) is 43.3 Å². The Hall–Kier alpha value is -2.97. The molecule has 28 heavy (non-hydrogen) atoms. The van der Waals surface area contributed by atoms with Crippen LogP contribution in [0.2, 0.25) is 5.02 Å². The van der Waals surface area contributed by atoms with Crippen molar-refractivity contribution in [1.29, 1.82) is 0 Å². The molecule has 2 aromatic carbocycles. The quantitative estimate of drug-likeness (QED) is 0.300. The highest BCUT2D eigenvalue weighted by Crippen LogP contribution is 2.31. The first-order chi connectivity index (χ1) is 13.5. The summed E-state index contributed by atoms with van der Waals surface area (Å²) in [6.07, 6.45) is 0. The van der Waals surface area contributed by atoms with Crippen LogP contribution in [0.3, 0.4) is 0 Å². The van der Waals surface area contributed by atoms with Gasteiger partial charge in [-0.15, -0.1) is 11.3 Å². The van der Waals surface area contributed by atoms with E-state index < -0.39 is 10.9 Å². The van der Waals surface area contributed by atoms with Gasteiger partial charge in [0.05, 0.1) is 11.5 Å². The van der Waals surface area contributed by atoms with Crippen molar-refractivity contribution in [3.05, 3.63) is 74.2 Å². The molecule has 0 saturated heterocycles. The van der Waals surface area contributed by atoms with Crippen molar-refractivity contribution in [3.8, 4) is 16.3 Å². The van der Waals surface area contributed by atoms with Gasteiger partial charge in [0.2, 0.25) is 0 Å². The number of ether oxygens (including phenoxy) is 2. The van der Waals surface area contributed by atoms with E-state index in [1.54, 1.807) is 43.3 Å². The van der Waals surface area contributed by atoms with Crippen LogP contribution < -0.4 is 4.74 Å². The van der Waals surface area contributed by atoms with Crippen molar-refractivity contribution in [2.45, 2.75) is 13.5 Å². The molecular weight excluding hydrogens is 404 g/mol. The number of non-ortho nitro benzene ring substituents is 1. The van der Waals surface area contributed by atoms with Gasteiger partial charge >= 0.3 is 5.97 Å². The Bertz CT molecular complexity index is 987. The highest BCUT2D eigenvalue weighted by atomic mass is 35.5. The number of nitro groups is 1. The maximum absolute atomic E-state index is 12.3. The summed E-state index contributed by atoms with van der Waals surface area (Å²) in [5.41, 5.74) is 1.09. The highest BCUT2D eigenvalue weighted by Gasteiger charge is 2.21. The Morgan fingerprint density at radius 2 is 1.86 bits per heavy atom. The van der Waals surface area contributed by atoms with E-state index in [9.17, 15) is 14.9 Å². The number of carbonyl (C=O) groups excluding carboxylic acids is 1. The lowest BCUT2D eigenvalue weighted by Crippen LogP contribution is -2.07. The predicted molar refractivity (Wildman–Crippen MR) is 106 cm³/mol. The summed E-state index contributed by atoms with van der Waals surface area (Å²) in [4.78, 5) is 27.5. The first kappa shape index (κ1) is 19.8. The minimum absolute atomic E-state index is 0.0165. The maximum Gasteiger partial charge on any atom is 0.350 e. The maximum atomic E-state index is 12.3. The van der Waals surface area contributed by atoms with Crippen LogP contribution in [0.5, 0.6) is 5.75 Å². The number of rotatable bonds is 7. The monoisotopic (exact) mass is 418 g/mol. The van der Waals surface area contributed by atoms with Crippen LogP contribution in [0.4, 0.5) is 5.69 Å². The molecule has 0 unspecified atom stereocenters. The zero-order valence-electron chi connectivity index (χ0n) is 14.8. The second-order valence-corrected chi connectivity index (χ2v) is 7.00. The van der Waals surface area contributed by atoms with Crippen molar-refractivity contribution < 1.29 is 19.2 Å². The van der Waals surface area contributed by atoms with Crippen molar-refractivity contribution in [1.82, 2.24) is 4.98 Å². The fraction of sp³-hybridized carbons (Fsp3) is 0.158. The number of thiazole rings is 1. The van der Waals surface area contributed by atoms with E-state index in [1.807, 2.05) is 0 Å². The molecule has 0 radical (unpaired) electrons. The zero-order valence-corrected chi connectivity index (χ0v) is 16.3. The Morgan fingerprint density at radius 3 is 2.46 bits per heavy atom. The molecule has 0 fully saturated rings. The van der Waals surface area contributed by atoms with E-state index >= 15 is 0 Å². The Balaban J connectivity index is 1.87. The average Bonchev–Trinajstić information content (AvgIpc) is 3.12. The number of esters is 1. The average molecular weight is 419 g/mol. The van der Waals surface area contributed by atoms with Crippen molar-refractivity contribution in [2.24, 2.45) is 0 Å². The molecule has 0 N–H and O–H groups in total. The molecule has 0 atom stereocenters. The summed E-state index contributed by atoms with van der Waals surface area (Å²) >= 11 is 7.02. The van der Waals surface area contributed by atoms with Gasteiger partial charge in [-0.3, -0.25) is 10.1 Å². The summed E-state index contributed by atoms with van der Waals surface area (Å²) in [7, 11) is 0. The molecule has 3 rings (SSSR count). The van der Waals surface area contributed by atoms with Gasteiger partial charge in [0.25, 0.3) is 5.69 Å². The molecule has 1 heterocycles. The van der Waals surface area contributed by atoms with E-state index in [0.29, 0.717) is 31.9 Å². The third-order valence-electron chi connectivity index (χ3n) is 3.67. The van der Waals surface area contributed by atoms with Gasteiger partial charge < -0.3 is 9.47 Å². The first-order valence-corrected chi connectivity index (χ1v) is 9.47. The number of aromatic nitrogens is 1. The molecule has 144 valence electrons. The van der Waals surface area contributed by atoms with Crippen LogP contribution >= 0.6 is 22.9 Å². The van der Waals surface area contributed by atoms with Crippen LogP contribution in [0.1, 0.15) is 22.3 Å². The molecule has 0 bridgehead atoms. The van der Waals surface area contributed by atoms with Crippen LogP contribution in [-0.4, -0.2) is 22.5 Å². The van der Waals surface area contributed by atoms with E-state index in [0.717, 1.165) is 11.3 Å². The van der Waals surface area contributed by atoms with Crippen molar-refractivity contribution >= 4 is 34.6 Å². The fourth-order valence-electron chi connectivity index (χ4n) is 2.34. The lowest BCUT2D eigenvalue weighted by Gasteiger charge is -2.06. The van der Waals surface area contributed by atoms with Gasteiger partial charge in [-0.1, -0.05) is 11.6 Å². The Kier molecular flexibility index (Phi) is 6.23. The number of benzene rings is 2. The number of hydrogen-bond donors (Lipinski definition) is 0. The SMILES string of the molecule is CCOC(=O)c1sc(-c2ccc([N+](=O)[O-])cc2)nc1COc1ccc(Cl)cc1. The zero-order chi connectivity index (χ0) is 20.1. The van der Waals surface area contributed by atoms with Crippen LogP contribution in [0.25, 0.3) is 10.6 Å². The normalized spacial score (nSPS) is 10.5. The predicted octanol–water partition coefficient (Wildman–Crippen LogP) is 5.13. The first-order valence-electron chi connectivity index (χ1n) is 8.28. The molecule has 7 nitrogen and oxygen atoms in total. The van der Waals surface area contributed by atoms with Gasteiger partial charge in [-0.25, -0.2) is 9.78 Å². The molecule has 9 heteroatoms. The summed E-state index contributed by atoms with van der Waals surface area (Å²) < 4.78 is 10.8. The molecular formula is C19H15ClN2O5S. The van der Waals surface area contributed by atoms with Gasteiger partial charge in [0.1, 0.15) is 27.9 Å². The van der Waals surface area contributed by atoms with E-state index in [-0.39, 0.29) is 18.9 Å². The summed E-state index contributed by atoms with van der Waals surface area (Å²) in [6.45, 7) is 2.03. The number of hydrogen-bond acceptors (Lipinski definition) is 7. The van der Waals surface area contributed by atoms with Crippen LogP contribution in [0, 0.1) is 10.1 Å². The van der Waals surface area contributed by atoms with Gasteiger partial charge in [-0.2, -0.15) is 0 Å². The third kappa shape index (κ3) is 4.65. The second-order valence-electron chi connectivity index (χ2n) is 5.56. The third-order valence-corrected chi connectivity index (χ3v) is 5.05. The molecule has 0 amide bonds. The number of halogens is 1. The second kappa shape index (κ2) is 8.81. The number of nitro benzene ring substituents is 1. The van der Waals surface area contributed by atoms with Crippen molar-refractivity contribution in [2.75, 3.05) is 6.61 Å². The molecule has 3 aromatic rings. The lowest BCUT2D eigenvalue weighted by molar-refractivity contribution is -0.384. The lowest BCUT2D eigenvalue weighted by atomic mass is 10.2. The summed E-state index contributed by atoms with van der Waals surface area (Å²) in [6, 6.07) is 12.8. The van der Waals surface area contributed by atoms with E-state index in [1.165, 1.54) is 12.1 Å². The Morgan fingerprint density at radius 1 is 1.18 bits per heavy atom. The minimum atomic E-state index is -0.483. The molecule has 1 aromatic heterocycles. The number of nitrogens with zero attached hydrogens (tertiary/aromatic N) is 2. The van der Waals surface area contributed by atoms with Gasteiger partial charge in [0, 0.05) is 22.7 Å². The van der Waals surface area contributed by atoms with Crippen LogP contribution in [-0.2, 0) is 11.3 Å². The number of carbonyl (C=O) groups is 1. The minimum Gasteiger partial charge on any atom is -0.487 e. The molecule has 0 spiro atoms. The fourth-order valence-corrected chi connectivity index (χ4v) is 3.43. The topological polar surface area (TPSA) is 91.6 Å². The Labute approximate surface area is 169 Å². The summed E-state index contributed by atoms with van der Waals surface area (Å²) in [5, 5.41) is 12.0. The smallest absolute Gasteiger partial charge is 0.350 e. The molecule has 0 aliphatic rings. The standard InChI is InChI=1S/C19H15ClN2O5S/c1-2-26-19(23)17-16(11-27-15-9-5-13(20)6-10-15)21-18(28-17)12-3-7-14(8-4-12)22(24)25/h3-10H,2,11H2,1H3. The van der Waals surface area contributed by atoms with Crippen molar-refractivity contribution in [3.63, 3.8) is 0 Å². The van der Waals surface area contributed by atoms with Gasteiger partial charge in [0.15, 0.2) is 0 Å². The van der Waals surface area contributed by atoms with Crippen LogP contribution in [0.15, 0.2) is 48.5 Å². The summed E-state index contributed by atoms with van der Waals surface area (Å²) in [5.74, 6) is 0.104. The van der Waals surface area contributed by atoms with E-state index in [4.69, 9.17) is 21.1 Å². The molecule has 0 aliphatic carbocycles. The molecule has 0 saturated carbocycles. The molecule has 0 aliphatic heterocycles.